The molecule has 0 atom stereocenters. The first kappa shape index (κ1) is 13.5. The number of carbonyl (C=O) groups excluding carboxylic acids is 1. The van der Waals surface area contributed by atoms with E-state index in [4.69, 9.17) is 39.4 Å². The smallest absolute Gasteiger partial charge is 0.252 e. The normalized spacial score (nSPS) is 10.2. The van der Waals surface area contributed by atoms with Crippen molar-refractivity contribution < 1.29 is 9.53 Å². The third-order valence-corrected chi connectivity index (χ3v) is 2.77. The highest BCUT2D eigenvalue weighted by Crippen LogP contribution is 2.30. The third-order valence-electron chi connectivity index (χ3n) is 2.33. The first-order valence-electron chi connectivity index (χ1n) is 5.29. The second-order valence-electron chi connectivity index (χ2n) is 3.83. The van der Waals surface area contributed by atoms with Gasteiger partial charge in [0.2, 0.25) is 0 Å². The molecule has 0 saturated heterocycles. The highest BCUT2D eigenvalue weighted by molar-refractivity contribution is 6.34. The van der Waals surface area contributed by atoms with Gasteiger partial charge in [0.05, 0.1) is 5.56 Å². The summed E-state index contributed by atoms with van der Waals surface area (Å²) in [5.41, 5.74) is 11.5. The van der Waals surface area contributed by atoms with Crippen LogP contribution in [0.25, 0.3) is 0 Å². The van der Waals surface area contributed by atoms with Gasteiger partial charge in [0, 0.05) is 15.7 Å². The number of nitrogens with two attached hydrogens (primary N) is 2. The first-order valence-corrected chi connectivity index (χ1v) is 6.04. The summed E-state index contributed by atoms with van der Waals surface area (Å²) in [7, 11) is 0. The minimum absolute atomic E-state index is 0.191. The molecule has 2 aromatic carbocycles. The van der Waals surface area contributed by atoms with Gasteiger partial charge in [0.25, 0.3) is 5.91 Å². The second-order valence-corrected chi connectivity index (χ2v) is 4.70. The predicted molar refractivity (Wildman–Crippen MR) is 75.9 cm³/mol. The molecule has 4 nitrogen and oxygen atoms in total. The van der Waals surface area contributed by atoms with E-state index in [2.05, 4.69) is 0 Å². The summed E-state index contributed by atoms with van der Waals surface area (Å²) in [5, 5.41) is 0.858. The molecule has 6 heteroatoms. The first-order chi connectivity index (χ1) is 8.95. The van der Waals surface area contributed by atoms with E-state index >= 15 is 0 Å². The summed E-state index contributed by atoms with van der Waals surface area (Å²) in [5.74, 6) is 0.0697. The maximum atomic E-state index is 11.3. The zero-order valence-electron chi connectivity index (χ0n) is 9.69. The quantitative estimate of drug-likeness (QED) is 0.851. The van der Waals surface area contributed by atoms with Crippen LogP contribution in [-0.2, 0) is 0 Å². The number of amides is 1. The fourth-order valence-electron chi connectivity index (χ4n) is 1.54. The minimum atomic E-state index is -0.629. The van der Waals surface area contributed by atoms with E-state index in [1.54, 1.807) is 30.3 Å². The average molecular weight is 297 g/mol. The summed E-state index contributed by atoms with van der Waals surface area (Å²) in [4.78, 5) is 11.3. The Balaban J connectivity index is 2.40. The molecule has 0 aliphatic carbocycles. The summed E-state index contributed by atoms with van der Waals surface area (Å²) in [6.07, 6.45) is 0. The van der Waals surface area contributed by atoms with Crippen LogP contribution in [0.15, 0.2) is 36.4 Å². The summed E-state index contributed by atoms with van der Waals surface area (Å²) in [6, 6.07) is 9.35. The number of anilines is 1. The van der Waals surface area contributed by atoms with Gasteiger partial charge in [-0.25, -0.2) is 0 Å². The molecule has 98 valence electrons. The molecule has 0 fully saturated rings. The summed E-state index contributed by atoms with van der Waals surface area (Å²) in [6.45, 7) is 0. The third kappa shape index (κ3) is 3.30. The lowest BCUT2D eigenvalue weighted by Gasteiger charge is -2.10. The van der Waals surface area contributed by atoms with Crippen molar-refractivity contribution in [2.45, 2.75) is 0 Å². The Morgan fingerprint density at radius 3 is 2.26 bits per heavy atom. The van der Waals surface area contributed by atoms with E-state index in [-0.39, 0.29) is 5.56 Å². The number of rotatable bonds is 3. The van der Waals surface area contributed by atoms with Crippen LogP contribution in [0, 0.1) is 0 Å². The van der Waals surface area contributed by atoms with Crippen molar-refractivity contribution in [1.82, 2.24) is 0 Å². The van der Waals surface area contributed by atoms with Crippen LogP contribution in [0.5, 0.6) is 11.5 Å². The van der Waals surface area contributed by atoms with Crippen LogP contribution in [0.2, 0.25) is 10.0 Å². The van der Waals surface area contributed by atoms with Crippen molar-refractivity contribution in [3.63, 3.8) is 0 Å². The van der Waals surface area contributed by atoms with Crippen LogP contribution in [0.1, 0.15) is 10.4 Å². The van der Waals surface area contributed by atoms with Crippen molar-refractivity contribution in [3.05, 3.63) is 52.0 Å². The van der Waals surface area contributed by atoms with Crippen molar-refractivity contribution >= 4 is 34.8 Å². The van der Waals surface area contributed by atoms with Gasteiger partial charge in [-0.2, -0.15) is 0 Å². The molecule has 0 heterocycles. The molecular formula is C13H10Cl2N2O2. The lowest BCUT2D eigenvalue weighted by Crippen LogP contribution is -2.12. The Hall–Kier alpha value is -1.91. The van der Waals surface area contributed by atoms with Gasteiger partial charge in [-0.3, -0.25) is 4.79 Å². The predicted octanol–water partition coefficient (Wildman–Crippen LogP) is 3.47. The number of hydrogen-bond donors (Lipinski definition) is 2. The van der Waals surface area contributed by atoms with Crippen molar-refractivity contribution in [1.29, 1.82) is 0 Å². The van der Waals surface area contributed by atoms with Crippen molar-refractivity contribution in [2.75, 3.05) is 5.73 Å². The molecule has 2 aromatic rings. The number of primary amides is 1. The Labute approximate surface area is 119 Å². The maximum Gasteiger partial charge on any atom is 0.252 e. The standard InChI is InChI=1S/C13H10Cl2N2O2/c14-7-3-8(15)5-10(4-7)19-12-2-1-9(16)6-11(12)13(17)18/h1-6H,16H2,(H2,17,18). The fraction of sp³-hybridized carbons (Fsp3) is 0. The van der Waals surface area contributed by atoms with Crippen LogP contribution in [0.3, 0.4) is 0 Å². The Bertz CT molecular complexity index is 624. The van der Waals surface area contributed by atoms with E-state index < -0.39 is 5.91 Å². The van der Waals surface area contributed by atoms with Crippen molar-refractivity contribution in [3.8, 4) is 11.5 Å². The highest BCUT2D eigenvalue weighted by atomic mass is 35.5. The second kappa shape index (κ2) is 5.38. The van der Waals surface area contributed by atoms with Gasteiger partial charge in [-0.15, -0.1) is 0 Å². The zero-order chi connectivity index (χ0) is 14.0. The molecule has 0 radical (unpaired) electrons. The Morgan fingerprint density at radius 2 is 1.68 bits per heavy atom. The molecule has 0 aliphatic rings. The molecule has 0 aromatic heterocycles. The molecule has 0 bridgehead atoms. The number of nitrogen functional groups attached to an aromatic ring is 1. The number of halogens is 2. The van der Waals surface area contributed by atoms with Crippen molar-refractivity contribution in [2.24, 2.45) is 5.73 Å². The molecule has 2 rings (SSSR count). The number of hydrogen-bond acceptors (Lipinski definition) is 3. The summed E-state index contributed by atoms with van der Waals surface area (Å²) >= 11 is 11.7. The monoisotopic (exact) mass is 296 g/mol. The maximum absolute atomic E-state index is 11.3. The fourth-order valence-corrected chi connectivity index (χ4v) is 2.05. The van der Waals surface area contributed by atoms with Crippen LogP contribution < -0.4 is 16.2 Å². The van der Waals surface area contributed by atoms with Gasteiger partial charge < -0.3 is 16.2 Å². The molecule has 19 heavy (non-hydrogen) atoms. The topological polar surface area (TPSA) is 78.3 Å². The van der Waals surface area contributed by atoms with Gasteiger partial charge >= 0.3 is 0 Å². The zero-order valence-corrected chi connectivity index (χ0v) is 11.2. The van der Waals surface area contributed by atoms with Gasteiger partial charge in [0.1, 0.15) is 11.5 Å². The lowest BCUT2D eigenvalue weighted by molar-refractivity contribution is 0.0998. The lowest BCUT2D eigenvalue weighted by atomic mass is 10.1. The minimum Gasteiger partial charge on any atom is -0.456 e. The van der Waals surface area contributed by atoms with E-state index in [1.165, 1.54) is 6.07 Å². The van der Waals surface area contributed by atoms with E-state index in [0.29, 0.717) is 27.2 Å². The van der Waals surface area contributed by atoms with Crippen LogP contribution >= 0.6 is 23.2 Å². The molecule has 4 N–H and O–H groups in total. The van der Waals surface area contributed by atoms with E-state index in [9.17, 15) is 4.79 Å². The van der Waals surface area contributed by atoms with Crippen LogP contribution in [0.4, 0.5) is 5.69 Å². The SMILES string of the molecule is NC(=O)c1cc(N)ccc1Oc1cc(Cl)cc(Cl)c1. The summed E-state index contributed by atoms with van der Waals surface area (Å²) < 4.78 is 5.56. The largest absolute Gasteiger partial charge is 0.456 e. The molecule has 0 aliphatic heterocycles. The van der Waals surface area contributed by atoms with Crippen LogP contribution in [-0.4, -0.2) is 5.91 Å². The van der Waals surface area contributed by atoms with Gasteiger partial charge in [0.15, 0.2) is 0 Å². The Kier molecular flexibility index (Phi) is 3.83. The number of ether oxygens (including phenoxy) is 1. The number of benzene rings is 2. The average Bonchev–Trinajstić information content (AvgIpc) is 2.30. The molecular weight excluding hydrogens is 287 g/mol. The van der Waals surface area contributed by atoms with Gasteiger partial charge in [-0.1, -0.05) is 23.2 Å². The molecule has 0 spiro atoms. The highest BCUT2D eigenvalue weighted by Gasteiger charge is 2.11. The molecule has 0 unspecified atom stereocenters. The molecule has 0 saturated carbocycles. The van der Waals surface area contributed by atoms with Gasteiger partial charge in [-0.05, 0) is 36.4 Å². The van der Waals surface area contributed by atoms with E-state index in [1.807, 2.05) is 0 Å². The Morgan fingerprint density at radius 1 is 1.05 bits per heavy atom. The molecule has 1 amide bonds. The number of carbonyl (C=O) groups is 1. The van der Waals surface area contributed by atoms with E-state index in [0.717, 1.165) is 0 Å².